The first-order chi connectivity index (χ1) is 9.02. The van der Waals surface area contributed by atoms with E-state index in [1.165, 1.54) is 0 Å². The van der Waals surface area contributed by atoms with Crippen molar-refractivity contribution in [3.05, 3.63) is 22.9 Å². The number of hydrogen-bond donors (Lipinski definition) is 3. The van der Waals surface area contributed by atoms with Crippen LogP contribution in [-0.4, -0.2) is 33.8 Å². The van der Waals surface area contributed by atoms with Gasteiger partial charge in [0.15, 0.2) is 0 Å². The van der Waals surface area contributed by atoms with Crippen LogP contribution in [0.2, 0.25) is 0 Å². The molecule has 1 aliphatic carbocycles. The lowest BCUT2D eigenvalue weighted by Crippen LogP contribution is -2.28. The molecule has 0 aromatic carbocycles. The van der Waals surface area contributed by atoms with Gasteiger partial charge in [-0.3, -0.25) is 0 Å². The summed E-state index contributed by atoms with van der Waals surface area (Å²) in [6, 6.07) is 1.70. The van der Waals surface area contributed by atoms with Gasteiger partial charge in [0.25, 0.3) is 0 Å². The summed E-state index contributed by atoms with van der Waals surface area (Å²) in [5.74, 6) is -0.508. The summed E-state index contributed by atoms with van der Waals surface area (Å²) >= 11 is 0. The molecule has 1 heterocycles. The van der Waals surface area contributed by atoms with E-state index >= 15 is 0 Å². The molecule has 0 saturated heterocycles. The highest BCUT2D eigenvalue weighted by atomic mass is 16.4. The van der Waals surface area contributed by atoms with E-state index in [1.54, 1.807) is 6.07 Å². The van der Waals surface area contributed by atoms with Gasteiger partial charge in [-0.25, -0.2) is 9.78 Å². The molecule has 0 saturated carbocycles. The number of nitrogens with one attached hydrogen (secondary N) is 1. The van der Waals surface area contributed by atoms with Gasteiger partial charge in [0.05, 0.1) is 0 Å². The zero-order valence-corrected chi connectivity index (χ0v) is 11.3. The van der Waals surface area contributed by atoms with Crippen LogP contribution in [0.5, 0.6) is 0 Å². The third-order valence-corrected chi connectivity index (χ3v) is 3.79. The van der Waals surface area contributed by atoms with Crippen LogP contribution in [-0.2, 0) is 12.8 Å². The van der Waals surface area contributed by atoms with Crippen LogP contribution in [0.4, 0.5) is 5.82 Å². The molecule has 104 valence electrons. The van der Waals surface area contributed by atoms with Crippen LogP contribution in [0, 0.1) is 5.92 Å². The molecule has 2 atom stereocenters. The molecular weight excluding hydrogens is 244 g/mol. The van der Waals surface area contributed by atoms with Gasteiger partial charge in [-0.1, -0.05) is 6.92 Å². The predicted molar refractivity (Wildman–Crippen MR) is 72.6 cm³/mol. The molecule has 1 aromatic rings. The first kappa shape index (κ1) is 13.8. The summed E-state index contributed by atoms with van der Waals surface area (Å²) in [5.41, 5.74) is 2.26. The summed E-state index contributed by atoms with van der Waals surface area (Å²) in [6.07, 6.45) is 2.85. The Labute approximate surface area is 112 Å². The van der Waals surface area contributed by atoms with E-state index in [9.17, 15) is 9.90 Å². The maximum atomic E-state index is 11.3. The van der Waals surface area contributed by atoms with Crippen LogP contribution < -0.4 is 5.32 Å². The molecule has 5 heteroatoms. The minimum atomic E-state index is -0.964. The van der Waals surface area contributed by atoms with Crippen molar-refractivity contribution in [3.8, 4) is 0 Å². The van der Waals surface area contributed by atoms with E-state index < -0.39 is 5.97 Å². The smallest absolute Gasteiger partial charge is 0.339 e. The van der Waals surface area contributed by atoms with E-state index in [1.807, 2.05) is 13.8 Å². The highest BCUT2D eigenvalue weighted by molar-refractivity contribution is 5.93. The fraction of sp³-hybridized carbons (Fsp3) is 0.571. The second kappa shape index (κ2) is 5.57. The first-order valence-corrected chi connectivity index (χ1v) is 6.66. The second-order valence-corrected chi connectivity index (χ2v) is 5.24. The van der Waals surface area contributed by atoms with Gasteiger partial charge in [-0.05, 0) is 43.7 Å². The minimum Gasteiger partial charge on any atom is -0.478 e. The summed E-state index contributed by atoms with van der Waals surface area (Å²) in [6.45, 7) is 3.88. The van der Waals surface area contributed by atoms with Crippen molar-refractivity contribution in [2.24, 2.45) is 5.92 Å². The number of fused-ring (bicyclic) bond motifs is 1. The number of pyridine rings is 1. The fourth-order valence-electron chi connectivity index (χ4n) is 2.26. The van der Waals surface area contributed by atoms with Gasteiger partial charge in [0.1, 0.15) is 11.4 Å². The number of carbonyl (C=O) groups is 1. The molecule has 1 aliphatic rings. The van der Waals surface area contributed by atoms with E-state index in [-0.39, 0.29) is 24.1 Å². The highest BCUT2D eigenvalue weighted by Crippen LogP contribution is 2.26. The van der Waals surface area contributed by atoms with Crippen molar-refractivity contribution in [1.29, 1.82) is 0 Å². The Bertz CT molecular complexity index is 488. The lowest BCUT2D eigenvalue weighted by Gasteiger charge is -2.21. The third-order valence-electron chi connectivity index (χ3n) is 3.79. The molecule has 1 aromatic heterocycles. The van der Waals surface area contributed by atoms with Gasteiger partial charge in [0.2, 0.25) is 0 Å². The van der Waals surface area contributed by atoms with E-state index in [4.69, 9.17) is 5.11 Å². The van der Waals surface area contributed by atoms with Crippen molar-refractivity contribution in [2.75, 3.05) is 11.9 Å². The molecule has 19 heavy (non-hydrogen) atoms. The quantitative estimate of drug-likeness (QED) is 0.754. The Morgan fingerprint density at radius 3 is 2.84 bits per heavy atom. The number of aromatic nitrogens is 1. The number of aliphatic hydroxyl groups excluding tert-OH is 1. The number of carboxylic acid groups (broad SMARTS) is 1. The van der Waals surface area contributed by atoms with Gasteiger partial charge >= 0.3 is 5.97 Å². The Morgan fingerprint density at radius 1 is 1.47 bits per heavy atom. The lowest BCUT2D eigenvalue weighted by atomic mass is 10.0. The van der Waals surface area contributed by atoms with Crippen LogP contribution in [0.3, 0.4) is 0 Å². The molecule has 3 N–H and O–H groups in total. The monoisotopic (exact) mass is 264 g/mol. The zero-order valence-electron chi connectivity index (χ0n) is 11.3. The van der Waals surface area contributed by atoms with Gasteiger partial charge < -0.3 is 15.5 Å². The van der Waals surface area contributed by atoms with Gasteiger partial charge in [-0.15, -0.1) is 0 Å². The molecule has 5 nitrogen and oxygen atoms in total. The van der Waals surface area contributed by atoms with Gasteiger partial charge in [0, 0.05) is 18.3 Å². The van der Waals surface area contributed by atoms with Crippen molar-refractivity contribution < 1.29 is 15.0 Å². The summed E-state index contributed by atoms with van der Waals surface area (Å²) in [5, 5.41) is 21.5. The molecule has 0 bridgehead atoms. The number of aryl methyl sites for hydroxylation is 2. The fourth-order valence-corrected chi connectivity index (χ4v) is 2.26. The number of aromatic carboxylic acids is 1. The Balaban J connectivity index is 2.30. The molecule has 0 spiro atoms. The van der Waals surface area contributed by atoms with Crippen molar-refractivity contribution in [1.82, 2.24) is 4.98 Å². The molecule has 0 aliphatic heterocycles. The molecule has 0 amide bonds. The lowest BCUT2D eigenvalue weighted by molar-refractivity contribution is 0.0697. The number of anilines is 1. The summed E-state index contributed by atoms with van der Waals surface area (Å²) < 4.78 is 0. The number of rotatable bonds is 5. The Kier molecular flexibility index (Phi) is 4.04. The largest absolute Gasteiger partial charge is 0.478 e. The first-order valence-electron chi connectivity index (χ1n) is 6.66. The minimum absolute atomic E-state index is 0.0324. The SMILES string of the molecule is CC(CO)C(C)Nc1nc2c(cc1C(=O)O)CCC2. The number of carboxylic acids is 1. The van der Waals surface area contributed by atoms with Crippen molar-refractivity contribution >= 4 is 11.8 Å². The number of aliphatic hydroxyl groups is 1. The van der Waals surface area contributed by atoms with E-state index in [0.29, 0.717) is 5.82 Å². The standard InChI is InChI=1S/C14H20N2O3/c1-8(7-17)9(2)15-13-11(14(18)19)6-10-4-3-5-12(10)16-13/h6,8-9,17H,3-5,7H2,1-2H3,(H,15,16)(H,18,19). The molecule has 0 radical (unpaired) electrons. The van der Waals surface area contributed by atoms with Crippen LogP contribution in [0.15, 0.2) is 6.07 Å². The summed E-state index contributed by atoms with van der Waals surface area (Å²) in [4.78, 5) is 15.8. The predicted octanol–water partition coefficient (Wildman–Crippen LogP) is 1.70. The van der Waals surface area contributed by atoms with Crippen molar-refractivity contribution in [3.63, 3.8) is 0 Å². The highest BCUT2D eigenvalue weighted by Gasteiger charge is 2.21. The zero-order chi connectivity index (χ0) is 14.0. The van der Waals surface area contributed by atoms with Crippen LogP contribution in [0.25, 0.3) is 0 Å². The summed E-state index contributed by atoms with van der Waals surface area (Å²) in [7, 11) is 0. The molecule has 2 unspecified atom stereocenters. The maximum absolute atomic E-state index is 11.3. The third kappa shape index (κ3) is 2.87. The van der Waals surface area contributed by atoms with Crippen molar-refractivity contribution in [2.45, 2.75) is 39.2 Å². The van der Waals surface area contributed by atoms with Crippen LogP contribution in [0.1, 0.15) is 41.9 Å². The average Bonchev–Trinajstić information content (AvgIpc) is 2.83. The second-order valence-electron chi connectivity index (χ2n) is 5.24. The normalized spacial score (nSPS) is 16.8. The van der Waals surface area contributed by atoms with E-state index in [2.05, 4.69) is 10.3 Å². The Morgan fingerprint density at radius 2 is 2.21 bits per heavy atom. The topological polar surface area (TPSA) is 82.5 Å². The number of nitrogens with zero attached hydrogens (tertiary/aromatic N) is 1. The molecule has 0 fully saturated rings. The number of hydrogen-bond acceptors (Lipinski definition) is 4. The maximum Gasteiger partial charge on any atom is 0.339 e. The van der Waals surface area contributed by atoms with Crippen LogP contribution >= 0.6 is 0 Å². The van der Waals surface area contributed by atoms with Gasteiger partial charge in [-0.2, -0.15) is 0 Å². The molecule has 2 rings (SSSR count). The Hall–Kier alpha value is -1.62. The molecular formula is C14H20N2O3. The van der Waals surface area contributed by atoms with E-state index in [0.717, 1.165) is 30.5 Å². The average molecular weight is 264 g/mol.